The Morgan fingerprint density at radius 3 is 3.05 bits per heavy atom. The molecular weight excluding hydrogens is 250 g/mol. The standard InChI is InChI=1S/C17H21NO2/c19-11-18-8-7-17-6-2-1-3-14(17)16(18)9-12-4-5-13(20)10-15(12)17/h4-5,10-11,14,16,20H,1-3,6-9H2/t14?,16-,17+/m1/s1. The predicted molar refractivity (Wildman–Crippen MR) is 76.6 cm³/mol. The molecule has 1 heterocycles. The van der Waals surface area contributed by atoms with Gasteiger partial charge < -0.3 is 10.0 Å². The largest absolute Gasteiger partial charge is 0.508 e. The SMILES string of the molecule is O=CN1CC[C@@]23CCCCC2[C@H]1Cc1ccc(O)cc13. The molecule has 106 valence electrons. The molecule has 1 aromatic rings. The molecule has 1 unspecified atom stereocenters. The van der Waals surface area contributed by atoms with Gasteiger partial charge in [-0.3, -0.25) is 4.79 Å². The van der Waals surface area contributed by atoms with E-state index < -0.39 is 0 Å². The van der Waals surface area contributed by atoms with Crippen LogP contribution in [-0.2, 0) is 16.6 Å². The zero-order valence-electron chi connectivity index (χ0n) is 11.7. The lowest BCUT2D eigenvalue weighted by Gasteiger charge is -2.58. The monoisotopic (exact) mass is 271 g/mol. The Hall–Kier alpha value is -1.51. The summed E-state index contributed by atoms with van der Waals surface area (Å²) in [5, 5.41) is 9.90. The van der Waals surface area contributed by atoms with E-state index >= 15 is 0 Å². The van der Waals surface area contributed by atoms with Crippen molar-refractivity contribution in [1.82, 2.24) is 4.90 Å². The molecule has 3 nitrogen and oxygen atoms in total. The van der Waals surface area contributed by atoms with Gasteiger partial charge in [-0.2, -0.15) is 0 Å². The maximum Gasteiger partial charge on any atom is 0.209 e. The summed E-state index contributed by atoms with van der Waals surface area (Å²) in [5.74, 6) is 0.975. The van der Waals surface area contributed by atoms with E-state index in [2.05, 4.69) is 6.07 Å². The Labute approximate surface area is 119 Å². The van der Waals surface area contributed by atoms with E-state index in [0.717, 1.165) is 25.8 Å². The van der Waals surface area contributed by atoms with E-state index in [9.17, 15) is 9.90 Å². The first-order chi connectivity index (χ1) is 9.74. The van der Waals surface area contributed by atoms with Gasteiger partial charge in [0.2, 0.25) is 6.41 Å². The Kier molecular flexibility index (Phi) is 2.60. The Bertz CT molecular complexity index is 556. The second-order valence-electron chi connectivity index (χ2n) is 6.71. The summed E-state index contributed by atoms with van der Waals surface area (Å²) in [4.78, 5) is 13.4. The van der Waals surface area contributed by atoms with Gasteiger partial charge in [-0.25, -0.2) is 0 Å². The molecule has 3 heteroatoms. The molecule has 2 fully saturated rings. The van der Waals surface area contributed by atoms with Gasteiger partial charge in [0, 0.05) is 18.0 Å². The number of amides is 1. The molecule has 1 N–H and O–H groups in total. The van der Waals surface area contributed by atoms with Crippen LogP contribution in [-0.4, -0.2) is 29.0 Å². The van der Waals surface area contributed by atoms with Gasteiger partial charge in [-0.15, -0.1) is 0 Å². The van der Waals surface area contributed by atoms with Crippen molar-refractivity contribution >= 4 is 6.41 Å². The van der Waals surface area contributed by atoms with E-state index in [4.69, 9.17) is 0 Å². The van der Waals surface area contributed by atoms with Gasteiger partial charge in [0.15, 0.2) is 0 Å². The number of fused-ring (bicyclic) bond motifs is 1. The molecule has 1 aromatic carbocycles. The smallest absolute Gasteiger partial charge is 0.209 e. The zero-order valence-corrected chi connectivity index (χ0v) is 11.7. The first-order valence-corrected chi connectivity index (χ1v) is 7.78. The second kappa shape index (κ2) is 4.24. The van der Waals surface area contributed by atoms with Crippen molar-refractivity contribution < 1.29 is 9.90 Å². The van der Waals surface area contributed by atoms with Crippen LogP contribution in [0.25, 0.3) is 0 Å². The third-order valence-electron chi connectivity index (χ3n) is 6.00. The zero-order chi connectivity index (χ0) is 13.7. The van der Waals surface area contributed by atoms with Crippen molar-refractivity contribution in [1.29, 1.82) is 0 Å². The van der Waals surface area contributed by atoms with E-state index in [-0.39, 0.29) is 5.41 Å². The topological polar surface area (TPSA) is 40.5 Å². The first-order valence-electron chi connectivity index (χ1n) is 7.78. The average Bonchev–Trinajstić information content (AvgIpc) is 2.48. The fourth-order valence-electron chi connectivity index (χ4n) is 5.15. The van der Waals surface area contributed by atoms with E-state index in [0.29, 0.717) is 17.7 Å². The molecule has 3 atom stereocenters. The Balaban J connectivity index is 1.89. The highest BCUT2D eigenvalue weighted by Gasteiger charge is 2.53. The highest BCUT2D eigenvalue weighted by atomic mass is 16.3. The average molecular weight is 271 g/mol. The summed E-state index contributed by atoms with van der Waals surface area (Å²) < 4.78 is 0. The third-order valence-corrected chi connectivity index (χ3v) is 6.00. The van der Waals surface area contributed by atoms with Crippen molar-refractivity contribution in [3.05, 3.63) is 29.3 Å². The molecule has 1 saturated carbocycles. The van der Waals surface area contributed by atoms with Gasteiger partial charge >= 0.3 is 0 Å². The van der Waals surface area contributed by atoms with Crippen LogP contribution < -0.4 is 0 Å². The quantitative estimate of drug-likeness (QED) is 0.798. The number of carbonyl (C=O) groups excluding carboxylic acids is 1. The van der Waals surface area contributed by atoms with E-state index in [1.165, 1.54) is 36.8 Å². The molecule has 1 amide bonds. The summed E-state index contributed by atoms with van der Waals surface area (Å²) in [5.41, 5.74) is 2.94. The Morgan fingerprint density at radius 2 is 2.20 bits per heavy atom. The van der Waals surface area contributed by atoms with E-state index in [1.54, 1.807) is 6.07 Å². The number of piperidine rings is 1. The lowest BCUT2D eigenvalue weighted by molar-refractivity contribution is -0.126. The number of benzene rings is 1. The molecular formula is C17H21NO2. The number of hydrogen-bond donors (Lipinski definition) is 1. The minimum absolute atomic E-state index is 0.217. The molecule has 2 aliphatic carbocycles. The number of aromatic hydroxyl groups is 1. The number of phenolic OH excluding ortho intramolecular Hbond substituents is 1. The molecule has 1 saturated heterocycles. The molecule has 0 aromatic heterocycles. The van der Waals surface area contributed by atoms with Gasteiger partial charge in [0.25, 0.3) is 0 Å². The summed E-state index contributed by atoms with van der Waals surface area (Å²) in [6.07, 6.45) is 8.07. The van der Waals surface area contributed by atoms with Gasteiger partial charge in [0.1, 0.15) is 5.75 Å². The van der Waals surface area contributed by atoms with Crippen LogP contribution >= 0.6 is 0 Å². The lowest BCUT2D eigenvalue weighted by atomic mass is 9.52. The minimum atomic E-state index is 0.217. The summed E-state index contributed by atoms with van der Waals surface area (Å²) in [6.45, 7) is 0.875. The maximum absolute atomic E-state index is 11.4. The molecule has 1 aliphatic heterocycles. The Morgan fingerprint density at radius 1 is 1.30 bits per heavy atom. The van der Waals surface area contributed by atoms with Crippen molar-refractivity contribution in [2.45, 2.75) is 50.0 Å². The number of phenols is 1. The van der Waals surface area contributed by atoms with Crippen molar-refractivity contribution in [3.63, 3.8) is 0 Å². The molecule has 2 bridgehead atoms. The van der Waals surface area contributed by atoms with Gasteiger partial charge in [0.05, 0.1) is 0 Å². The van der Waals surface area contributed by atoms with Crippen LogP contribution in [0.15, 0.2) is 18.2 Å². The van der Waals surface area contributed by atoms with Gasteiger partial charge in [-0.1, -0.05) is 18.9 Å². The van der Waals surface area contributed by atoms with Crippen LogP contribution in [0, 0.1) is 5.92 Å². The molecule has 20 heavy (non-hydrogen) atoms. The van der Waals surface area contributed by atoms with Crippen LogP contribution in [0.5, 0.6) is 5.75 Å². The highest BCUT2D eigenvalue weighted by molar-refractivity contribution is 5.52. The summed E-state index contributed by atoms with van der Waals surface area (Å²) >= 11 is 0. The summed E-state index contributed by atoms with van der Waals surface area (Å²) in [6, 6.07) is 6.23. The predicted octanol–water partition coefficient (Wildman–Crippen LogP) is 2.61. The molecule has 0 spiro atoms. The lowest BCUT2D eigenvalue weighted by Crippen LogP contribution is -2.60. The fraction of sp³-hybridized carbons (Fsp3) is 0.588. The number of nitrogens with zero attached hydrogens (tertiary/aromatic N) is 1. The number of carbonyl (C=O) groups is 1. The fourth-order valence-corrected chi connectivity index (χ4v) is 5.15. The highest BCUT2D eigenvalue weighted by Crippen LogP contribution is 2.55. The third kappa shape index (κ3) is 1.49. The second-order valence-corrected chi connectivity index (χ2v) is 6.71. The van der Waals surface area contributed by atoms with Crippen LogP contribution in [0.1, 0.15) is 43.2 Å². The van der Waals surface area contributed by atoms with Gasteiger partial charge in [-0.05, 0) is 54.9 Å². The van der Waals surface area contributed by atoms with Crippen LogP contribution in [0.4, 0.5) is 0 Å². The van der Waals surface area contributed by atoms with E-state index in [1.807, 2.05) is 11.0 Å². The molecule has 4 rings (SSSR count). The molecule has 0 radical (unpaired) electrons. The summed E-state index contributed by atoms with van der Waals surface area (Å²) in [7, 11) is 0. The molecule has 3 aliphatic rings. The number of hydrogen-bond acceptors (Lipinski definition) is 2. The van der Waals surface area contributed by atoms with Crippen molar-refractivity contribution in [2.24, 2.45) is 5.92 Å². The van der Waals surface area contributed by atoms with Crippen molar-refractivity contribution in [3.8, 4) is 5.75 Å². The first kappa shape index (κ1) is 12.2. The maximum atomic E-state index is 11.4. The number of likely N-dealkylation sites (tertiary alicyclic amines) is 1. The van der Waals surface area contributed by atoms with Crippen LogP contribution in [0.3, 0.4) is 0 Å². The number of rotatable bonds is 1. The van der Waals surface area contributed by atoms with Crippen LogP contribution in [0.2, 0.25) is 0 Å². The minimum Gasteiger partial charge on any atom is -0.508 e. The van der Waals surface area contributed by atoms with Crippen molar-refractivity contribution in [2.75, 3.05) is 6.54 Å². The normalized spacial score (nSPS) is 35.1.